The van der Waals surface area contributed by atoms with E-state index in [1.807, 2.05) is 0 Å². The van der Waals surface area contributed by atoms with E-state index in [2.05, 4.69) is 0 Å². The van der Waals surface area contributed by atoms with Gasteiger partial charge in [-0.15, -0.1) is 0 Å². The SMILES string of the molecule is Oc1c(O)c(Cl)c(Cl)c(Cl)c1Cl. The van der Waals surface area contributed by atoms with Crippen molar-refractivity contribution < 1.29 is 10.2 Å². The number of hydrogen-bond donors (Lipinski definition) is 2. The molecule has 2 nitrogen and oxygen atoms in total. The van der Waals surface area contributed by atoms with E-state index >= 15 is 0 Å². The van der Waals surface area contributed by atoms with Crippen LogP contribution >= 0.6 is 46.4 Å². The second kappa shape index (κ2) is 3.38. The zero-order valence-corrected chi connectivity index (χ0v) is 8.43. The molecule has 0 fully saturated rings. The van der Waals surface area contributed by atoms with Gasteiger partial charge in [0.2, 0.25) is 0 Å². The van der Waals surface area contributed by atoms with Crippen LogP contribution in [0.2, 0.25) is 20.1 Å². The predicted molar refractivity (Wildman–Crippen MR) is 49.8 cm³/mol. The molecular formula is C6H2Cl4O2. The van der Waals surface area contributed by atoms with Gasteiger partial charge in [-0.05, 0) is 0 Å². The van der Waals surface area contributed by atoms with E-state index < -0.39 is 11.5 Å². The van der Waals surface area contributed by atoms with Crippen molar-refractivity contribution in [2.45, 2.75) is 0 Å². The van der Waals surface area contributed by atoms with E-state index in [-0.39, 0.29) is 20.1 Å². The van der Waals surface area contributed by atoms with E-state index in [9.17, 15) is 0 Å². The number of benzene rings is 1. The molecule has 0 atom stereocenters. The molecule has 0 aliphatic rings. The van der Waals surface area contributed by atoms with Crippen molar-refractivity contribution in [1.29, 1.82) is 0 Å². The van der Waals surface area contributed by atoms with Gasteiger partial charge in [0.05, 0.1) is 10.0 Å². The summed E-state index contributed by atoms with van der Waals surface area (Å²) in [6, 6.07) is 0. The van der Waals surface area contributed by atoms with Crippen LogP contribution in [0.1, 0.15) is 0 Å². The molecule has 0 radical (unpaired) electrons. The topological polar surface area (TPSA) is 40.5 Å². The minimum Gasteiger partial charge on any atom is -0.503 e. The van der Waals surface area contributed by atoms with Gasteiger partial charge in [-0.25, -0.2) is 0 Å². The first-order valence-electron chi connectivity index (χ1n) is 2.70. The zero-order valence-electron chi connectivity index (χ0n) is 5.41. The van der Waals surface area contributed by atoms with Crippen LogP contribution in [0, 0.1) is 0 Å². The van der Waals surface area contributed by atoms with E-state index in [1.54, 1.807) is 0 Å². The molecule has 0 amide bonds. The number of phenolic OH excluding ortho intramolecular Hbond substituents is 2. The summed E-state index contributed by atoms with van der Waals surface area (Å²) >= 11 is 22.0. The molecule has 0 unspecified atom stereocenters. The van der Waals surface area contributed by atoms with E-state index in [4.69, 9.17) is 56.6 Å². The third-order valence-corrected chi connectivity index (χ3v) is 3.00. The molecule has 0 bridgehead atoms. The van der Waals surface area contributed by atoms with Crippen molar-refractivity contribution >= 4 is 46.4 Å². The Morgan fingerprint density at radius 2 is 0.833 bits per heavy atom. The highest BCUT2D eigenvalue weighted by molar-refractivity contribution is 6.52. The standard InChI is InChI=1S/C6H2Cl4O2/c7-1-2(8)4(10)6(12)5(11)3(1)9/h11-12H. The summed E-state index contributed by atoms with van der Waals surface area (Å²) in [4.78, 5) is 0. The van der Waals surface area contributed by atoms with Crippen LogP contribution in [-0.2, 0) is 0 Å². The van der Waals surface area contributed by atoms with Gasteiger partial charge in [0.15, 0.2) is 11.5 Å². The second-order valence-electron chi connectivity index (χ2n) is 1.95. The molecule has 12 heavy (non-hydrogen) atoms. The minimum atomic E-state index is -0.573. The third kappa shape index (κ3) is 1.40. The first-order chi connectivity index (χ1) is 5.46. The molecule has 1 rings (SSSR count). The Bertz CT molecular complexity index is 232. The molecule has 2 N–H and O–H groups in total. The normalized spacial score (nSPS) is 10.3. The van der Waals surface area contributed by atoms with Crippen LogP contribution in [0.5, 0.6) is 11.5 Å². The largest absolute Gasteiger partial charge is 0.503 e. The maximum absolute atomic E-state index is 9.08. The smallest absolute Gasteiger partial charge is 0.179 e. The Labute approximate surface area is 88.2 Å². The Morgan fingerprint density at radius 3 is 1.08 bits per heavy atom. The van der Waals surface area contributed by atoms with E-state index in [0.717, 1.165) is 0 Å². The molecule has 0 aliphatic heterocycles. The highest BCUT2D eigenvalue weighted by Crippen LogP contribution is 2.48. The number of hydrogen-bond acceptors (Lipinski definition) is 2. The molecule has 0 aromatic heterocycles. The third-order valence-electron chi connectivity index (χ3n) is 1.22. The van der Waals surface area contributed by atoms with Crippen molar-refractivity contribution in [2.75, 3.05) is 0 Å². The highest BCUT2D eigenvalue weighted by atomic mass is 35.5. The molecule has 0 spiro atoms. The fraction of sp³-hybridized carbons (Fsp3) is 0. The maximum Gasteiger partial charge on any atom is 0.179 e. The fourth-order valence-corrected chi connectivity index (χ4v) is 1.44. The van der Waals surface area contributed by atoms with Gasteiger partial charge >= 0.3 is 0 Å². The Morgan fingerprint density at radius 1 is 0.583 bits per heavy atom. The Kier molecular flexibility index (Phi) is 2.84. The number of rotatable bonds is 0. The van der Waals surface area contributed by atoms with Gasteiger partial charge in [-0.2, -0.15) is 0 Å². The Balaban J connectivity index is 3.60. The highest BCUT2D eigenvalue weighted by Gasteiger charge is 2.18. The van der Waals surface area contributed by atoms with Crippen LogP contribution in [-0.4, -0.2) is 10.2 Å². The van der Waals surface area contributed by atoms with Crippen LogP contribution in [0.25, 0.3) is 0 Å². The molecule has 0 aliphatic carbocycles. The summed E-state index contributed by atoms with van der Waals surface area (Å²) in [5.41, 5.74) is 0. The van der Waals surface area contributed by atoms with Gasteiger partial charge in [0.1, 0.15) is 10.0 Å². The van der Waals surface area contributed by atoms with E-state index in [0.29, 0.717) is 0 Å². The van der Waals surface area contributed by atoms with Gasteiger partial charge in [0.25, 0.3) is 0 Å². The lowest BCUT2D eigenvalue weighted by Crippen LogP contribution is -1.78. The molecule has 1 aromatic rings. The monoisotopic (exact) mass is 246 g/mol. The number of halogens is 4. The molecule has 0 heterocycles. The summed E-state index contributed by atoms with van der Waals surface area (Å²) < 4.78 is 0. The zero-order chi connectivity index (χ0) is 9.46. The summed E-state index contributed by atoms with van der Waals surface area (Å²) in [6.07, 6.45) is 0. The molecule has 0 saturated carbocycles. The van der Waals surface area contributed by atoms with Gasteiger partial charge in [-0.1, -0.05) is 46.4 Å². The lowest BCUT2D eigenvalue weighted by Gasteiger charge is -2.06. The summed E-state index contributed by atoms with van der Waals surface area (Å²) in [7, 11) is 0. The predicted octanol–water partition coefficient (Wildman–Crippen LogP) is 3.71. The number of phenols is 2. The van der Waals surface area contributed by atoms with Crippen molar-refractivity contribution in [2.24, 2.45) is 0 Å². The molecule has 0 saturated heterocycles. The molecular weight excluding hydrogens is 246 g/mol. The van der Waals surface area contributed by atoms with Gasteiger partial charge in [0, 0.05) is 0 Å². The molecule has 6 heteroatoms. The van der Waals surface area contributed by atoms with Crippen LogP contribution < -0.4 is 0 Å². The van der Waals surface area contributed by atoms with Crippen molar-refractivity contribution in [3.05, 3.63) is 20.1 Å². The van der Waals surface area contributed by atoms with Gasteiger partial charge in [-0.3, -0.25) is 0 Å². The van der Waals surface area contributed by atoms with Crippen LogP contribution in [0.15, 0.2) is 0 Å². The lowest BCUT2D eigenvalue weighted by molar-refractivity contribution is 0.404. The average molecular weight is 248 g/mol. The summed E-state index contributed by atoms with van der Waals surface area (Å²) in [5, 5.41) is 17.6. The molecule has 1 aromatic carbocycles. The average Bonchev–Trinajstić information content (AvgIpc) is 2.08. The fourth-order valence-electron chi connectivity index (χ4n) is 0.609. The van der Waals surface area contributed by atoms with Gasteiger partial charge < -0.3 is 10.2 Å². The van der Waals surface area contributed by atoms with Crippen molar-refractivity contribution in [3.63, 3.8) is 0 Å². The minimum absolute atomic E-state index is 0.0846. The van der Waals surface area contributed by atoms with Crippen LogP contribution in [0.4, 0.5) is 0 Å². The quantitative estimate of drug-likeness (QED) is 0.417. The summed E-state index contributed by atoms with van der Waals surface area (Å²) in [6.45, 7) is 0. The van der Waals surface area contributed by atoms with E-state index in [1.165, 1.54) is 0 Å². The van der Waals surface area contributed by atoms with Crippen LogP contribution in [0.3, 0.4) is 0 Å². The summed E-state index contributed by atoms with van der Waals surface area (Å²) in [5.74, 6) is -1.15. The number of aromatic hydroxyl groups is 2. The maximum atomic E-state index is 9.08. The van der Waals surface area contributed by atoms with Crippen molar-refractivity contribution in [1.82, 2.24) is 0 Å². The first-order valence-corrected chi connectivity index (χ1v) is 4.22. The Hall–Kier alpha value is -0.0200. The first kappa shape index (κ1) is 10.1. The molecule has 66 valence electrons. The second-order valence-corrected chi connectivity index (χ2v) is 3.47. The lowest BCUT2D eigenvalue weighted by atomic mass is 10.3. The van der Waals surface area contributed by atoms with Crippen molar-refractivity contribution in [3.8, 4) is 11.5 Å².